The van der Waals surface area contributed by atoms with E-state index in [0.717, 1.165) is 0 Å². The van der Waals surface area contributed by atoms with E-state index in [2.05, 4.69) is 91.9 Å². The van der Waals surface area contributed by atoms with Crippen LogP contribution in [0.15, 0.2) is 84.9 Å². The summed E-state index contributed by atoms with van der Waals surface area (Å²) in [5.74, 6) is 0. The molecule has 0 fully saturated rings. The van der Waals surface area contributed by atoms with Gasteiger partial charge in [0.1, 0.15) is 0 Å². The maximum absolute atomic E-state index is 2.34. The van der Waals surface area contributed by atoms with E-state index in [-0.39, 0.29) is 51.0 Å². The summed E-state index contributed by atoms with van der Waals surface area (Å²) in [4.78, 5) is 0. The van der Waals surface area contributed by atoms with Gasteiger partial charge in [-0.1, -0.05) is 67.1 Å². The van der Waals surface area contributed by atoms with Crippen molar-refractivity contribution in [1.29, 1.82) is 0 Å². The molecule has 0 spiro atoms. The molecule has 5 aromatic rings. The van der Waals surface area contributed by atoms with Gasteiger partial charge in [-0.05, 0) is 33.2 Å². The Labute approximate surface area is 190 Å². The molecule has 0 saturated carbocycles. The van der Waals surface area contributed by atoms with Gasteiger partial charge in [0, 0.05) is 0 Å². The molecule has 1 radical (unpaired) electrons. The predicted octanol–water partition coefficient (Wildman–Crippen LogP) is 0.846. The van der Waals surface area contributed by atoms with Gasteiger partial charge in [0.15, 0.2) is 0 Å². The van der Waals surface area contributed by atoms with Gasteiger partial charge in [-0.15, -0.1) is 34.5 Å². The number of halogens is 2. The zero-order valence-electron chi connectivity index (χ0n) is 14.8. The zero-order valence-corrected chi connectivity index (χ0v) is 18.8. The third-order valence-electron chi connectivity index (χ3n) is 4.95. The maximum Gasteiger partial charge on any atom is 3.00 e. The third kappa shape index (κ3) is 3.61. The summed E-state index contributed by atoms with van der Waals surface area (Å²) in [6, 6.07) is 30.9. The van der Waals surface area contributed by atoms with Crippen molar-refractivity contribution in [2.24, 2.45) is 0 Å². The molecule has 0 aliphatic rings. The summed E-state index contributed by atoms with van der Waals surface area (Å²) in [6.07, 6.45) is 0. The minimum Gasteiger partial charge on any atom is -1.00 e. The molecule has 131 valence electrons. The summed E-state index contributed by atoms with van der Waals surface area (Å²) in [5, 5.41) is 7.93. The van der Waals surface area contributed by atoms with Gasteiger partial charge < -0.3 is 24.8 Å². The second-order valence-electron chi connectivity index (χ2n) is 6.53. The smallest absolute Gasteiger partial charge is 1.00 e. The van der Waals surface area contributed by atoms with E-state index in [0.29, 0.717) is 0 Å². The Kier molecular flexibility index (Phi) is 6.98. The molecule has 5 rings (SSSR count). The number of benzene rings is 4. The Morgan fingerprint density at radius 2 is 1.26 bits per heavy atom. The Balaban J connectivity index is 0.000000871. The first-order valence-corrected chi connectivity index (χ1v) is 8.38. The molecule has 0 aliphatic heterocycles. The first kappa shape index (κ1) is 21.8. The standard InChI is InChI=1S/C24H17.2ClH.Zr/c1-16-13-17-8-6-12-22(23(17)14-16)24-15-18-7-2-3-9-19(18)20-10-4-5-11-21(20)24;;;/h2-15H,1H3;2*1H;/q-1;;;+3/p-2. The number of hydrogen-bond donors (Lipinski definition) is 0. The Hall–Kier alpha value is -1.53. The average Bonchev–Trinajstić information content (AvgIpc) is 3.01. The molecule has 0 heterocycles. The minimum absolute atomic E-state index is 0. The Morgan fingerprint density at radius 1 is 0.593 bits per heavy atom. The number of rotatable bonds is 1. The van der Waals surface area contributed by atoms with Crippen molar-refractivity contribution in [2.75, 3.05) is 0 Å². The molecule has 0 amide bonds. The Morgan fingerprint density at radius 3 is 2.04 bits per heavy atom. The number of aryl methyl sites for hydroxylation is 1. The summed E-state index contributed by atoms with van der Waals surface area (Å²) >= 11 is 0. The molecule has 27 heavy (non-hydrogen) atoms. The third-order valence-corrected chi connectivity index (χ3v) is 4.95. The molecule has 0 unspecified atom stereocenters. The van der Waals surface area contributed by atoms with Crippen LogP contribution in [0.1, 0.15) is 5.56 Å². The van der Waals surface area contributed by atoms with Crippen LogP contribution in [0.4, 0.5) is 0 Å². The van der Waals surface area contributed by atoms with Crippen molar-refractivity contribution < 1.29 is 51.0 Å². The van der Waals surface area contributed by atoms with Crippen LogP contribution in [-0.4, -0.2) is 0 Å². The number of hydrogen-bond acceptors (Lipinski definition) is 0. The van der Waals surface area contributed by atoms with Crippen LogP contribution in [0.5, 0.6) is 0 Å². The van der Waals surface area contributed by atoms with Gasteiger partial charge in [-0.25, -0.2) is 0 Å². The molecule has 0 N–H and O–H groups in total. The second kappa shape index (κ2) is 8.65. The van der Waals surface area contributed by atoms with E-state index in [1.165, 1.54) is 49.0 Å². The van der Waals surface area contributed by atoms with Crippen molar-refractivity contribution in [1.82, 2.24) is 0 Å². The fourth-order valence-corrected chi connectivity index (χ4v) is 3.90. The maximum atomic E-state index is 2.34. The van der Waals surface area contributed by atoms with E-state index in [9.17, 15) is 0 Å². The Bertz CT molecular complexity index is 1220. The first-order chi connectivity index (χ1) is 11.8. The molecule has 0 nitrogen and oxygen atoms in total. The van der Waals surface area contributed by atoms with Gasteiger partial charge in [0.2, 0.25) is 0 Å². The van der Waals surface area contributed by atoms with E-state index in [1.807, 2.05) is 0 Å². The topological polar surface area (TPSA) is 0 Å². The molecule has 0 bridgehead atoms. The van der Waals surface area contributed by atoms with Crippen LogP contribution >= 0.6 is 0 Å². The molecule has 3 heteroatoms. The largest absolute Gasteiger partial charge is 3.00 e. The van der Waals surface area contributed by atoms with Gasteiger partial charge >= 0.3 is 26.2 Å². The summed E-state index contributed by atoms with van der Waals surface area (Å²) in [5.41, 5.74) is 3.96. The summed E-state index contributed by atoms with van der Waals surface area (Å²) in [7, 11) is 0. The average molecular weight is 468 g/mol. The number of fused-ring (bicyclic) bond motifs is 4. The van der Waals surface area contributed by atoms with E-state index < -0.39 is 0 Å². The van der Waals surface area contributed by atoms with Crippen LogP contribution in [-0.2, 0) is 26.2 Å². The summed E-state index contributed by atoms with van der Waals surface area (Å²) < 4.78 is 0. The quantitative estimate of drug-likeness (QED) is 0.253. The zero-order chi connectivity index (χ0) is 16.1. The molecular weight excluding hydrogens is 450 g/mol. The fraction of sp³-hybridized carbons (Fsp3) is 0.0417. The van der Waals surface area contributed by atoms with E-state index in [4.69, 9.17) is 0 Å². The SMILES string of the molecule is Cc1cc2c(-c3cc4ccccc4c4ccccc34)cccc2[cH-]1.[Cl-].[Cl-].[Zr+3]. The van der Waals surface area contributed by atoms with Crippen LogP contribution in [0, 0.1) is 6.92 Å². The monoisotopic (exact) mass is 465 g/mol. The molecule has 0 aliphatic carbocycles. The normalized spacial score (nSPS) is 10.3. The van der Waals surface area contributed by atoms with Crippen molar-refractivity contribution >= 4 is 32.3 Å². The van der Waals surface area contributed by atoms with Crippen LogP contribution in [0.25, 0.3) is 43.4 Å². The predicted molar refractivity (Wildman–Crippen MR) is 105 cm³/mol. The molecule has 0 atom stereocenters. The first-order valence-electron chi connectivity index (χ1n) is 8.38. The van der Waals surface area contributed by atoms with Crippen molar-refractivity contribution in [3.05, 3.63) is 90.5 Å². The van der Waals surface area contributed by atoms with Gasteiger partial charge in [0.05, 0.1) is 0 Å². The van der Waals surface area contributed by atoms with E-state index >= 15 is 0 Å². The summed E-state index contributed by atoms with van der Waals surface area (Å²) in [6.45, 7) is 2.17. The van der Waals surface area contributed by atoms with Gasteiger partial charge in [0.25, 0.3) is 0 Å². The molecular formula is C24H17Cl2Zr. The van der Waals surface area contributed by atoms with Gasteiger partial charge in [-0.3, -0.25) is 0 Å². The second-order valence-corrected chi connectivity index (χ2v) is 6.53. The molecule has 5 aromatic carbocycles. The van der Waals surface area contributed by atoms with Crippen molar-refractivity contribution in [3.8, 4) is 11.1 Å². The van der Waals surface area contributed by atoms with Crippen LogP contribution in [0.3, 0.4) is 0 Å². The molecule has 0 saturated heterocycles. The minimum atomic E-state index is 0. The van der Waals surface area contributed by atoms with Crippen molar-refractivity contribution in [3.63, 3.8) is 0 Å². The van der Waals surface area contributed by atoms with Crippen LogP contribution in [0.2, 0.25) is 0 Å². The fourth-order valence-electron chi connectivity index (χ4n) is 3.90. The van der Waals surface area contributed by atoms with Crippen molar-refractivity contribution in [2.45, 2.75) is 6.92 Å². The van der Waals surface area contributed by atoms with Gasteiger partial charge in [-0.2, -0.15) is 6.07 Å². The molecule has 0 aromatic heterocycles. The van der Waals surface area contributed by atoms with E-state index in [1.54, 1.807) is 0 Å². The van der Waals surface area contributed by atoms with Crippen LogP contribution < -0.4 is 24.8 Å².